The molecule has 1 amide bonds. The zero-order valence-corrected chi connectivity index (χ0v) is 14.4. The van der Waals surface area contributed by atoms with Crippen molar-refractivity contribution in [2.24, 2.45) is 0 Å². The van der Waals surface area contributed by atoms with E-state index in [2.05, 4.69) is 20.4 Å². The van der Waals surface area contributed by atoms with Crippen LogP contribution in [0.25, 0.3) is 5.69 Å². The van der Waals surface area contributed by atoms with Gasteiger partial charge in [-0.25, -0.2) is 4.98 Å². The van der Waals surface area contributed by atoms with Gasteiger partial charge in [-0.2, -0.15) is 9.78 Å². The summed E-state index contributed by atoms with van der Waals surface area (Å²) in [5.74, 6) is -0.804. The molecule has 10 nitrogen and oxygen atoms in total. The molecule has 0 aliphatic rings. The molecule has 0 atom stereocenters. The average Bonchev–Trinajstić information content (AvgIpc) is 2.61. The summed E-state index contributed by atoms with van der Waals surface area (Å²) in [6.45, 7) is 1.55. The minimum atomic E-state index is -0.839. The summed E-state index contributed by atoms with van der Waals surface area (Å²) < 4.78 is 6.13. The maximum atomic E-state index is 12.5. The van der Waals surface area contributed by atoms with E-state index >= 15 is 0 Å². The first kappa shape index (κ1) is 17.9. The summed E-state index contributed by atoms with van der Waals surface area (Å²) in [6.07, 6.45) is 0. The Bertz CT molecular complexity index is 1140. The molecule has 0 aliphatic carbocycles. The molecule has 3 aromatic rings. The van der Waals surface area contributed by atoms with Crippen molar-refractivity contribution in [1.29, 1.82) is 0 Å². The molecule has 3 N–H and O–H groups in total. The Morgan fingerprint density at radius 1 is 1.26 bits per heavy atom. The van der Waals surface area contributed by atoms with Crippen LogP contribution < -0.4 is 21.2 Å². The third-order valence-corrected chi connectivity index (χ3v) is 3.54. The van der Waals surface area contributed by atoms with Crippen molar-refractivity contribution in [2.75, 3.05) is 12.4 Å². The van der Waals surface area contributed by atoms with Crippen molar-refractivity contribution in [3.8, 4) is 17.2 Å². The maximum Gasteiger partial charge on any atom is 0.281 e. The lowest BCUT2D eigenvalue weighted by Gasteiger charge is -2.11. The highest BCUT2D eigenvalue weighted by Gasteiger charge is 2.19. The van der Waals surface area contributed by atoms with Gasteiger partial charge in [-0.15, -0.1) is 0 Å². The summed E-state index contributed by atoms with van der Waals surface area (Å²) in [5.41, 5.74) is -1.22. The summed E-state index contributed by atoms with van der Waals surface area (Å²) in [6, 6.07) is 8.53. The van der Waals surface area contributed by atoms with E-state index in [0.29, 0.717) is 17.3 Å². The second-order valence-electron chi connectivity index (χ2n) is 5.47. The molecular weight excluding hydrogens is 354 g/mol. The van der Waals surface area contributed by atoms with Crippen molar-refractivity contribution in [3.05, 3.63) is 68.6 Å². The predicted octanol–water partition coefficient (Wildman–Crippen LogP) is 0.591. The maximum absolute atomic E-state index is 12.5. The number of hydrogen-bond acceptors (Lipinski definition) is 7. The minimum Gasteiger partial charge on any atom is -0.505 e. The molecule has 3 rings (SSSR count). The van der Waals surface area contributed by atoms with Gasteiger partial charge in [-0.3, -0.25) is 14.4 Å². The fourth-order valence-electron chi connectivity index (χ4n) is 2.41. The van der Waals surface area contributed by atoms with Crippen LogP contribution >= 0.6 is 0 Å². The Balaban J connectivity index is 2.04. The van der Waals surface area contributed by atoms with Crippen LogP contribution in [0.4, 0.5) is 5.82 Å². The molecule has 0 aliphatic heterocycles. The number of carbonyl (C=O) groups is 1. The van der Waals surface area contributed by atoms with E-state index < -0.39 is 28.5 Å². The zero-order chi connectivity index (χ0) is 19.6. The van der Waals surface area contributed by atoms with Crippen molar-refractivity contribution in [1.82, 2.24) is 19.7 Å². The third-order valence-electron chi connectivity index (χ3n) is 3.54. The molecule has 27 heavy (non-hydrogen) atoms. The van der Waals surface area contributed by atoms with E-state index in [-0.39, 0.29) is 5.82 Å². The molecule has 0 radical (unpaired) electrons. The quantitative estimate of drug-likeness (QED) is 0.611. The van der Waals surface area contributed by atoms with Gasteiger partial charge >= 0.3 is 0 Å². The first-order valence-electron chi connectivity index (χ1n) is 7.75. The van der Waals surface area contributed by atoms with Gasteiger partial charge in [0, 0.05) is 12.1 Å². The van der Waals surface area contributed by atoms with Gasteiger partial charge in [0.15, 0.2) is 11.4 Å². The number of anilines is 1. The van der Waals surface area contributed by atoms with Crippen LogP contribution in [0.5, 0.6) is 11.5 Å². The topological polar surface area (TPSA) is 139 Å². The number of rotatable bonds is 4. The second-order valence-corrected chi connectivity index (χ2v) is 5.47. The van der Waals surface area contributed by atoms with Crippen molar-refractivity contribution in [2.45, 2.75) is 6.92 Å². The second kappa shape index (κ2) is 7.12. The smallest absolute Gasteiger partial charge is 0.281 e. The molecule has 2 aromatic heterocycles. The number of para-hydroxylation sites is 2. The number of benzene rings is 1. The number of carbonyl (C=O) groups excluding carboxylic acids is 1. The number of aromatic nitrogens is 4. The van der Waals surface area contributed by atoms with Crippen molar-refractivity contribution < 1.29 is 14.6 Å². The normalized spacial score (nSPS) is 10.4. The Morgan fingerprint density at radius 2 is 2.00 bits per heavy atom. The predicted molar refractivity (Wildman–Crippen MR) is 95.6 cm³/mol. The summed E-state index contributed by atoms with van der Waals surface area (Å²) >= 11 is 0. The first-order valence-corrected chi connectivity index (χ1v) is 7.75. The number of aromatic amines is 1. The number of nitrogens with zero attached hydrogens (tertiary/aromatic N) is 3. The molecule has 10 heteroatoms. The van der Waals surface area contributed by atoms with Crippen LogP contribution in [-0.4, -0.2) is 37.9 Å². The summed E-state index contributed by atoms with van der Waals surface area (Å²) in [5, 5.41) is 16.3. The number of ether oxygens (including phenoxy) is 1. The largest absolute Gasteiger partial charge is 0.505 e. The minimum absolute atomic E-state index is 0.0162. The zero-order valence-electron chi connectivity index (χ0n) is 14.4. The number of aromatic hydroxyl groups is 1. The lowest BCUT2D eigenvalue weighted by Crippen LogP contribution is -2.26. The van der Waals surface area contributed by atoms with E-state index in [1.54, 1.807) is 31.2 Å². The summed E-state index contributed by atoms with van der Waals surface area (Å²) in [4.78, 5) is 42.6. The number of nitrogens with one attached hydrogen (secondary N) is 2. The molecule has 0 bridgehead atoms. The molecule has 0 unspecified atom stereocenters. The summed E-state index contributed by atoms with van der Waals surface area (Å²) in [7, 11) is 1.43. The van der Waals surface area contributed by atoms with Gasteiger partial charge < -0.3 is 20.1 Å². The van der Waals surface area contributed by atoms with Crippen LogP contribution in [0.15, 0.2) is 46.0 Å². The van der Waals surface area contributed by atoms with Gasteiger partial charge in [0.05, 0.1) is 7.11 Å². The van der Waals surface area contributed by atoms with Gasteiger partial charge in [-0.1, -0.05) is 12.1 Å². The van der Waals surface area contributed by atoms with Crippen molar-refractivity contribution in [3.63, 3.8) is 0 Å². The number of amides is 1. The first-order chi connectivity index (χ1) is 12.9. The highest BCUT2D eigenvalue weighted by atomic mass is 16.5. The van der Waals surface area contributed by atoms with E-state index in [4.69, 9.17) is 4.74 Å². The fourth-order valence-corrected chi connectivity index (χ4v) is 2.41. The van der Waals surface area contributed by atoms with E-state index in [0.717, 1.165) is 16.8 Å². The van der Waals surface area contributed by atoms with Crippen LogP contribution in [0.1, 0.15) is 16.3 Å². The van der Waals surface area contributed by atoms with Gasteiger partial charge in [0.1, 0.15) is 23.1 Å². The monoisotopic (exact) mass is 369 g/mol. The van der Waals surface area contributed by atoms with Crippen LogP contribution in [0.3, 0.4) is 0 Å². The van der Waals surface area contributed by atoms with Gasteiger partial charge in [0.25, 0.3) is 17.0 Å². The Labute approximate surface area is 152 Å². The Kier molecular flexibility index (Phi) is 4.71. The number of hydrogen-bond donors (Lipinski definition) is 3. The lowest BCUT2D eigenvalue weighted by atomic mass is 10.3. The molecule has 0 saturated carbocycles. The lowest BCUT2D eigenvalue weighted by molar-refractivity contribution is 0.101. The highest BCUT2D eigenvalue weighted by Crippen LogP contribution is 2.21. The Morgan fingerprint density at radius 3 is 2.70 bits per heavy atom. The fraction of sp³-hybridized carbons (Fsp3) is 0.118. The van der Waals surface area contributed by atoms with Crippen LogP contribution in [-0.2, 0) is 0 Å². The molecule has 0 spiro atoms. The molecular formula is C17H15N5O5. The molecule has 2 heterocycles. The van der Waals surface area contributed by atoms with E-state index in [1.165, 1.54) is 7.11 Å². The number of methoxy groups -OCH3 is 1. The molecule has 1 aromatic carbocycles. The Hall–Kier alpha value is -3.95. The van der Waals surface area contributed by atoms with Crippen LogP contribution in [0, 0.1) is 6.92 Å². The number of H-pyrrole nitrogens is 1. The third kappa shape index (κ3) is 3.68. The van der Waals surface area contributed by atoms with E-state index in [9.17, 15) is 19.5 Å². The standard InChI is InChI=1S/C17H15N5O5/c1-9-18-13(8-14(24)19-9)20-17(26)16-11(23)7-15(25)22(21-16)10-5-3-4-6-12(10)27-2/h3-8,23H,1-2H3,(H2,18,19,20,24,26). The van der Waals surface area contributed by atoms with Gasteiger partial charge in [-0.05, 0) is 19.1 Å². The average molecular weight is 369 g/mol. The molecule has 0 fully saturated rings. The van der Waals surface area contributed by atoms with Gasteiger partial charge in [0.2, 0.25) is 0 Å². The van der Waals surface area contributed by atoms with Crippen LogP contribution in [0.2, 0.25) is 0 Å². The molecule has 138 valence electrons. The number of aryl methyl sites for hydroxylation is 1. The van der Waals surface area contributed by atoms with Crippen molar-refractivity contribution >= 4 is 11.7 Å². The molecule has 0 saturated heterocycles. The highest BCUT2D eigenvalue weighted by molar-refractivity contribution is 6.04. The SMILES string of the molecule is COc1ccccc1-n1nc(C(=O)Nc2cc(=O)[nH]c(C)n2)c(O)cc1=O. The van der Waals surface area contributed by atoms with E-state index in [1.807, 2.05) is 0 Å².